The van der Waals surface area contributed by atoms with Crippen LogP contribution in [0.2, 0.25) is 0 Å². The minimum Gasteiger partial charge on any atom is -0.326 e. The van der Waals surface area contributed by atoms with Gasteiger partial charge in [-0.2, -0.15) is 0 Å². The summed E-state index contributed by atoms with van der Waals surface area (Å²) in [4.78, 5) is 0. The highest BCUT2D eigenvalue weighted by Gasteiger charge is 2.30. The standard InChI is InChI=1S/C3H6ClN.ClH/c4-2-1-3(2)5;/h2-3H,1,5H2;1H. The highest BCUT2D eigenvalue weighted by molar-refractivity contribution is 6.23. The molecule has 0 saturated heterocycles. The Kier molecular flexibility index (Phi) is 2.19. The quantitative estimate of drug-likeness (QED) is 0.478. The molecular formula is C3H7Cl2N. The van der Waals surface area contributed by atoms with Crippen LogP contribution >= 0.6 is 24.0 Å². The molecule has 2 N–H and O–H groups in total. The lowest BCUT2D eigenvalue weighted by Gasteiger charge is -1.67. The van der Waals surface area contributed by atoms with Gasteiger partial charge in [-0.1, -0.05) is 0 Å². The number of halogens is 2. The zero-order chi connectivity index (χ0) is 3.86. The summed E-state index contributed by atoms with van der Waals surface area (Å²) in [6.07, 6.45) is 1.02. The maximum absolute atomic E-state index is 5.41. The van der Waals surface area contributed by atoms with Crippen LogP contribution in [0.5, 0.6) is 0 Å². The fourth-order valence-electron chi connectivity index (χ4n) is 0.181. The Balaban J connectivity index is 0.000000250. The van der Waals surface area contributed by atoms with Crippen LogP contribution in [0.1, 0.15) is 6.42 Å². The normalized spacial score (nSPS) is 41.0. The van der Waals surface area contributed by atoms with Gasteiger partial charge in [0.05, 0.1) is 5.38 Å². The third kappa shape index (κ3) is 1.33. The van der Waals surface area contributed by atoms with Crippen molar-refractivity contribution in [2.24, 2.45) is 5.73 Å². The van der Waals surface area contributed by atoms with Gasteiger partial charge in [0.2, 0.25) is 0 Å². The van der Waals surface area contributed by atoms with E-state index in [4.69, 9.17) is 17.3 Å². The molecule has 6 heavy (non-hydrogen) atoms. The van der Waals surface area contributed by atoms with Crippen LogP contribution in [0.4, 0.5) is 0 Å². The van der Waals surface area contributed by atoms with E-state index in [0.29, 0.717) is 11.4 Å². The molecule has 2 atom stereocenters. The van der Waals surface area contributed by atoms with Gasteiger partial charge in [0.15, 0.2) is 0 Å². The first kappa shape index (κ1) is 6.54. The van der Waals surface area contributed by atoms with E-state index in [1.165, 1.54) is 0 Å². The highest BCUT2D eigenvalue weighted by atomic mass is 35.5. The Labute approximate surface area is 48.3 Å². The van der Waals surface area contributed by atoms with Crippen LogP contribution in [-0.4, -0.2) is 11.4 Å². The third-order valence-electron chi connectivity index (χ3n) is 0.759. The highest BCUT2D eigenvalue weighted by Crippen LogP contribution is 2.24. The van der Waals surface area contributed by atoms with Gasteiger partial charge in [-0.25, -0.2) is 0 Å². The molecule has 0 aliphatic heterocycles. The molecule has 0 heterocycles. The van der Waals surface area contributed by atoms with Crippen LogP contribution in [0.25, 0.3) is 0 Å². The summed E-state index contributed by atoms with van der Waals surface area (Å²) in [5, 5.41) is 0.301. The van der Waals surface area contributed by atoms with Crippen molar-refractivity contribution in [3.05, 3.63) is 0 Å². The summed E-state index contributed by atoms with van der Waals surface area (Å²) in [6.45, 7) is 0. The van der Waals surface area contributed by atoms with Gasteiger partial charge in [-0.05, 0) is 6.42 Å². The SMILES string of the molecule is Cl.NC1CC1Cl. The second-order valence-corrected chi connectivity index (χ2v) is 1.98. The molecule has 0 aromatic rings. The molecule has 1 aliphatic carbocycles. The van der Waals surface area contributed by atoms with Crippen molar-refractivity contribution in [2.45, 2.75) is 17.8 Å². The minimum atomic E-state index is 0. The number of rotatable bonds is 0. The Morgan fingerprint density at radius 3 is 1.83 bits per heavy atom. The maximum atomic E-state index is 5.41. The van der Waals surface area contributed by atoms with Crippen LogP contribution in [-0.2, 0) is 0 Å². The van der Waals surface area contributed by atoms with E-state index < -0.39 is 0 Å². The molecule has 0 radical (unpaired) electrons. The van der Waals surface area contributed by atoms with E-state index in [0.717, 1.165) is 6.42 Å². The minimum absolute atomic E-state index is 0. The van der Waals surface area contributed by atoms with Crippen molar-refractivity contribution in [2.75, 3.05) is 0 Å². The molecule has 1 fully saturated rings. The Morgan fingerprint density at radius 2 is 1.83 bits per heavy atom. The Morgan fingerprint density at radius 1 is 1.67 bits per heavy atom. The number of nitrogens with two attached hydrogens (primary N) is 1. The predicted molar refractivity (Wildman–Crippen MR) is 29.5 cm³/mol. The fraction of sp³-hybridized carbons (Fsp3) is 1.00. The van der Waals surface area contributed by atoms with Crippen LogP contribution in [0.15, 0.2) is 0 Å². The first-order valence-corrected chi connectivity index (χ1v) is 2.14. The van der Waals surface area contributed by atoms with Crippen molar-refractivity contribution in [3.8, 4) is 0 Å². The third-order valence-corrected chi connectivity index (χ3v) is 1.26. The number of hydrogen-bond donors (Lipinski definition) is 1. The monoisotopic (exact) mass is 127 g/mol. The van der Waals surface area contributed by atoms with Crippen LogP contribution in [0.3, 0.4) is 0 Å². The topological polar surface area (TPSA) is 26.0 Å². The molecule has 1 nitrogen and oxygen atoms in total. The second-order valence-electron chi connectivity index (χ2n) is 1.42. The summed E-state index contributed by atoms with van der Waals surface area (Å²) < 4.78 is 0. The average molecular weight is 128 g/mol. The van der Waals surface area contributed by atoms with E-state index in [1.807, 2.05) is 0 Å². The van der Waals surface area contributed by atoms with Gasteiger partial charge in [0.25, 0.3) is 0 Å². The maximum Gasteiger partial charge on any atom is 0.0502 e. The summed E-state index contributed by atoms with van der Waals surface area (Å²) >= 11 is 5.41. The summed E-state index contributed by atoms with van der Waals surface area (Å²) in [5.41, 5.74) is 5.23. The van der Waals surface area contributed by atoms with E-state index in [9.17, 15) is 0 Å². The molecule has 0 aromatic heterocycles. The van der Waals surface area contributed by atoms with Crippen molar-refractivity contribution >= 4 is 24.0 Å². The molecule has 1 saturated carbocycles. The smallest absolute Gasteiger partial charge is 0.0502 e. The fourth-order valence-corrected chi connectivity index (χ4v) is 0.387. The molecule has 0 spiro atoms. The second kappa shape index (κ2) is 2.01. The van der Waals surface area contributed by atoms with Gasteiger partial charge in [0.1, 0.15) is 0 Å². The zero-order valence-corrected chi connectivity index (χ0v) is 4.80. The van der Waals surface area contributed by atoms with Crippen molar-refractivity contribution < 1.29 is 0 Å². The molecule has 2 unspecified atom stereocenters. The summed E-state index contributed by atoms with van der Waals surface area (Å²) in [5.74, 6) is 0. The number of hydrogen-bond acceptors (Lipinski definition) is 1. The Bertz CT molecular complexity index is 42.1. The van der Waals surface area contributed by atoms with Crippen molar-refractivity contribution in [1.82, 2.24) is 0 Å². The summed E-state index contributed by atoms with van der Waals surface area (Å²) in [7, 11) is 0. The lowest BCUT2D eigenvalue weighted by molar-refractivity contribution is 1.07. The summed E-state index contributed by atoms with van der Waals surface area (Å²) in [6, 6.07) is 0.316. The molecule has 38 valence electrons. The lowest BCUT2D eigenvalue weighted by Crippen LogP contribution is -1.99. The number of alkyl halides is 1. The molecule has 1 rings (SSSR count). The van der Waals surface area contributed by atoms with Gasteiger partial charge in [0, 0.05) is 6.04 Å². The van der Waals surface area contributed by atoms with E-state index >= 15 is 0 Å². The van der Waals surface area contributed by atoms with Crippen molar-refractivity contribution in [1.29, 1.82) is 0 Å². The molecule has 0 aromatic carbocycles. The van der Waals surface area contributed by atoms with Crippen molar-refractivity contribution in [3.63, 3.8) is 0 Å². The average Bonchev–Trinajstić information content (AvgIpc) is 1.79. The van der Waals surface area contributed by atoms with E-state index in [2.05, 4.69) is 0 Å². The largest absolute Gasteiger partial charge is 0.326 e. The lowest BCUT2D eigenvalue weighted by atomic mass is 10.8. The van der Waals surface area contributed by atoms with Gasteiger partial charge in [-0.3, -0.25) is 0 Å². The molecule has 0 amide bonds. The van der Waals surface area contributed by atoms with E-state index in [-0.39, 0.29) is 12.4 Å². The first-order valence-electron chi connectivity index (χ1n) is 1.70. The predicted octanol–water partition coefficient (Wildman–Crippen LogP) is 0.747. The van der Waals surface area contributed by atoms with E-state index in [1.54, 1.807) is 0 Å². The molecular weight excluding hydrogens is 121 g/mol. The van der Waals surface area contributed by atoms with Gasteiger partial charge >= 0.3 is 0 Å². The first-order chi connectivity index (χ1) is 2.30. The molecule has 0 bridgehead atoms. The zero-order valence-electron chi connectivity index (χ0n) is 3.23. The molecule has 1 aliphatic rings. The van der Waals surface area contributed by atoms with Crippen LogP contribution < -0.4 is 5.73 Å². The van der Waals surface area contributed by atoms with Crippen LogP contribution in [0, 0.1) is 0 Å². The van der Waals surface area contributed by atoms with Gasteiger partial charge in [-0.15, -0.1) is 24.0 Å². The Hall–Kier alpha value is 0.540. The van der Waals surface area contributed by atoms with Gasteiger partial charge < -0.3 is 5.73 Å². The molecule has 3 heteroatoms.